The van der Waals surface area contributed by atoms with Gasteiger partial charge in [-0.1, -0.05) is 32.9 Å². The van der Waals surface area contributed by atoms with Gasteiger partial charge in [-0.05, 0) is 47.2 Å². The lowest BCUT2D eigenvalue weighted by Crippen LogP contribution is -2.38. The number of anilines is 1. The highest BCUT2D eigenvalue weighted by Gasteiger charge is 2.19. The van der Waals surface area contributed by atoms with E-state index in [1.807, 2.05) is 36.4 Å². The smallest absolute Gasteiger partial charge is 0.313 e. The molecule has 1 heterocycles. The Labute approximate surface area is 149 Å². The zero-order valence-electron chi connectivity index (χ0n) is 15.2. The van der Waals surface area contributed by atoms with Crippen LogP contribution >= 0.6 is 0 Å². The van der Waals surface area contributed by atoms with E-state index < -0.39 is 11.8 Å². The lowest BCUT2D eigenvalue weighted by Gasteiger charge is -2.19. The number of likely N-dealkylation sites (N-methyl/N-ethyl adjacent to an activating group) is 1. The molecule has 0 radical (unpaired) electrons. The average molecular weight is 339 g/mol. The molecule has 0 aliphatic carbocycles. The molecule has 0 saturated heterocycles. The first-order chi connectivity index (χ1) is 11.8. The number of aromatic nitrogens is 1. The molecule has 0 aliphatic rings. The van der Waals surface area contributed by atoms with E-state index in [-0.39, 0.29) is 5.41 Å². The van der Waals surface area contributed by atoms with Crippen LogP contribution in [0.5, 0.6) is 0 Å². The Morgan fingerprint density at radius 1 is 1.04 bits per heavy atom. The van der Waals surface area contributed by atoms with Crippen molar-refractivity contribution in [2.75, 3.05) is 18.9 Å². The van der Waals surface area contributed by atoms with Gasteiger partial charge in [0.25, 0.3) is 0 Å². The molecular weight excluding hydrogens is 314 g/mol. The van der Waals surface area contributed by atoms with Crippen molar-refractivity contribution in [1.29, 1.82) is 0 Å². The molecular formula is C20H25N3O2. The summed E-state index contributed by atoms with van der Waals surface area (Å²) in [5.74, 6) is -1.17. The molecule has 0 unspecified atom stereocenters. The van der Waals surface area contributed by atoms with Gasteiger partial charge in [0.1, 0.15) is 0 Å². The standard InChI is InChI=1S/C20H25N3O2/c1-20(2,3)16-5-7-17(8-6-16)22-18(24)19(25)23(4)14-11-15-9-12-21-13-10-15/h5-10,12-13H,11,14H2,1-4H3,(H,22,24). The minimum absolute atomic E-state index is 0.0472. The van der Waals surface area contributed by atoms with E-state index in [1.165, 1.54) is 10.5 Å². The quantitative estimate of drug-likeness (QED) is 0.871. The Morgan fingerprint density at radius 2 is 1.64 bits per heavy atom. The molecule has 2 amide bonds. The fraction of sp³-hybridized carbons (Fsp3) is 0.350. The van der Waals surface area contributed by atoms with Gasteiger partial charge in [-0.25, -0.2) is 0 Å². The molecule has 0 spiro atoms. The molecule has 0 atom stereocenters. The fourth-order valence-electron chi connectivity index (χ4n) is 2.36. The summed E-state index contributed by atoms with van der Waals surface area (Å²) in [6, 6.07) is 11.4. The number of rotatable bonds is 4. The number of carbonyl (C=O) groups is 2. The second-order valence-electron chi connectivity index (χ2n) is 7.11. The van der Waals surface area contributed by atoms with Crippen molar-refractivity contribution < 1.29 is 9.59 Å². The Hall–Kier alpha value is -2.69. The number of hydrogen-bond donors (Lipinski definition) is 1. The number of hydrogen-bond acceptors (Lipinski definition) is 3. The molecule has 1 aromatic heterocycles. The van der Waals surface area contributed by atoms with E-state index in [4.69, 9.17) is 0 Å². The molecule has 0 aliphatic heterocycles. The number of nitrogens with one attached hydrogen (secondary N) is 1. The molecule has 2 rings (SSSR count). The van der Waals surface area contributed by atoms with Gasteiger partial charge in [-0.2, -0.15) is 0 Å². The van der Waals surface area contributed by atoms with Crippen LogP contribution in [0.3, 0.4) is 0 Å². The first kappa shape index (κ1) is 18.6. The normalized spacial score (nSPS) is 11.0. The lowest BCUT2D eigenvalue weighted by molar-refractivity contribution is -0.142. The Balaban J connectivity index is 1.90. The average Bonchev–Trinajstić information content (AvgIpc) is 2.59. The van der Waals surface area contributed by atoms with E-state index in [0.717, 1.165) is 5.56 Å². The van der Waals surface area contributed by atoms with Gasteiger partial charge in [0, 0.05) is 31.7 Å². The summed E-state index contributed by atoms with van der Waals surface area (Å²) in [6.45, 7) is 6.85. The third-order valence-electron chi connectivity index (χ3n) is 4.03. The van der Waals surface area contributed by atoms with Gasteiger partial charge in [0.2, 0.25) is 0 Å². The number of nitrogens with zero attached hydrogens (tertiary/aromatic N) is 2. The number of benzene rings is 1. The van der Waals surface area contributed by atoms with Crippen LogP contribution in [-0.2, 0) is 21.4 Å². The van der Waals surface area contributed by atoms with Crippen LogP contribution in [0.2, 0.25) is 0 Å². The van der Waals surface area contributed by atoms with Crippen LogP contribution in [0.1, 0.15) is 31.9 Å². The number of pyridine rings is 1. The second-order valence-corrected chi connectivity index (χ2v) is 7.11. The molecule has 0 fully saturated rings. The zero-order chi connectivity index (χ0) is 18.4. The Bertz CT molecular complexity index is 719. The van der Waals surface area contributed by atoms with Crippen LogP contribution in [0.4, 0.5) is 5.69 Å². The van der Waals surface area contributed by atoms with E-state index >= 15 is 0 Å². The largest absolute Gasteiger partial charge is 0.337 e. The Kier molecular flexibility index (Phi) is 5.91. The lowest BCUT2D eigenvalue weighted by atomic mass is 9.87. The van der Waals surface area contributed by atoms with Crippen molar-refractivity contribution in [1.82, 2.24) is 9.88 Å². The first-order valence-corrected chi connectivity index (χ1v) is 8.33. The predicted octanol–water partition coefficient (Wildman–Crippen LogP) is 3.02. The molecule has 1 N–H and O–H groups in total. The highest BCUT2D eigenvalue weighted by atomic mass is 16.2. The van der Waals surface area contributed by atoms with E-state index in [2.05, 4.69) is 31.1 Å². The topological polar surface area (TPSA) is 62.3 Å². The number of amides is 2. The highest BCUT2D eigenvalue weighted by Crippen LogP contribution is 2.23. The van der Waals surface area contributed by atoms with Gasteiger partial charge in [-0.3, -0.25) is 14.6 Å². The van der Waals surface area contributed by atoms with Gasteiger partial charge in [-0.15, -0.1) is 0 Å². The monoisotopic (exact) mass is 339 g/mol. The van der Waals surface area contributed by atoms with Gasteiger partial charge in [0.05, 0.1) is 0 Å². The third kappa shape index (κ3) is 5.41. The van der Waals surface area contributed by atoms with E-state index in [9.17, 15) is 9.59 Å². The molecule has 2 aromatic rings. The van der Waals surface area contributed by atoms with Crippen molar-refractivity contribution in [2.45, 2.75) is 32.6 Å². The molecule has 5 nitrogen and oxygen atoms in total. The first-order valence-electron chi connectivity index (χ1n) is 8.33. The highest BCUT2D eigenvalue weighted by molar-refractivity contribution is 6.39. The van der Waals surface area contributed by atoms with Crippen molar-refractivity contribution in [3.8, 4) is 0 Å². The van der Waals surface area contributed by atoms with Crippen LogP contribution in [0, 0.1) is 0 Å². The maximum atomic E-state index is 12.2. The molecule has 25 heavy (non-hydrogen) atoms. The number of carbonyl (C=O) groups excluding carboxylic acids is 2. The molecule has 0 saturated carbocycles. The SMILES string of the molecule is CN(CCc1ccncc1)C(=O)C(=O)Nc1ccc(C(C)(C)C)cc1. The summed E-state index contributed by atoms with van der Waals surface area (Å²) < 4.78 is 0. The van der Waals surface area contributed by atoms with Crippen molar-refractivity contribution in [2.24, 2.45) is 0 Å². The van der Waals surface area contributed by atoms with Crippen molar-refractivity contribution >= 4 is 17.5 Å². The molecule has 1 aromatic carbocycles. The predicted molar refractivity (Wildman–Crippen MR) is 99.3 cm³/mol. The van der Waals surface area contributed by atoms with Crippen LogP contribution in [0.25, 0.3) is 0 Å². The van der Waals surface area contributed by atoms with Crippen molar-refractivity contribution in [3.63, 3.8) is 0 Å². The molecule has 132 valence electrons. The minimum atomic E-state index is -0.624. The maximum absolute atomic E-state index is 12.2. The van der Waals surface area contributed by atoms with E-state index in [1.54, 1.807) is 19.4 Å². The van der Waals surface area contributed by atoms with Crippen LogP contribution < -0.4 is 5.32 Å². The summed E-state index contributed by atoms with van der Waals surface area (Å²) in [5.41, 5.74) is 2.92. The summed E-state index contributed by atoms with van der Waals surface area (Å²) in [4.78, 5) is 29.7. The van der Waals surface area contributed by atoms with Gasteiger partial charge < -0.3 is 10.2 Å². The van der Waals surface area contributed by atoms with Crippen LogP contribution in [0.15, 0.2) is 48.8 Å². The zero-order valence-corrected chi connectivity index (χ0v) is 15.2. The maximum Gasteiger partial charge on any atom is 0.313 e. The molecule has 5 heteroatoms. The van der Waals surface area contributed by atoms with E-state index in [0.29, 0.717) is 18.7 Å². The van der Waals surface area contributed by atoms with Gasteiger partial charge >= 0.3 is 11.8 Å². The van der Waals surface area contributed by atoms with Gasteiger partial charge in [0.15, 0.2) is 0 Å². The third-order valence-corrected chi connectivity index (χ3v) is 4.03. The second kappa shape index (κ2) is 7.92. The summed E-state index contributed by atoms with van der Waals surface area (Å²) >= 11 is 0. The molecule has 0 bridgehead atoms. The minimum Gasteiger partial charge on any atom is -0.337 e. The Morgan fingerprint density at radius 3 is 2.20 bits per heavy atom. The van der Waals surface area contributed by atoms with Crippen LogP contribution in [-0.4, -0.2) is 35.3 Å². The summed E-state index contributed by atoms with van der Waals surface area (Å²) in [6.07, 6.45) is 4.11. The summed E-state index contributed by atoms with van der Waals surface area (Å²) in [7, 11) is 1.63. The fourth-order valence-corrected chi connectivity index (χ4v) is 2.36. The summed E-state index contributed by atoms with van der Waals surface area (Å²) in [5, 5.41) is 2.66. The van der Waals surface area contributed by atoms with Crippen molar-refractivity contribution in [3.05, 3.63) is 59.9 Å².